The summed E-state index contributed by atoms with van der Waals surface area (Å²) in [5, 5.41) is 3.00. The van der Waals surface area contributed by atoms with Gasteiger partial charge >= 0.3 is 0 Å². The molecule has 0 aliphatic heterocycles. The molecule has 3 N–H and O–H groups in total. The van der Waals surface area contributed by atoms with Gasteiger partial charge in [-0.2, -0.15) is 0 Å². The van der Waals surface area contributed by atoms with Crippen molar-refractivity contribution in [1.82, 2.24) is 10.3 Å². The molecule has 1 aromatic heterocycles. The minimum atomic E-state index is -0.381. The SMILES string of the molecule is COc1ncccc1CNC(=O)C1(CN)CCCCC1. The summed E-state index contributed by atoms with van der Waals surface area (Å²) in [5.41, 5.74) is 6.37. The number of pyridine rings is 1. The summed E-state index contributed by atoms with van der Waals surface area (Å²) in [6.45, 7) is 0.848. The number of hydrogen-bond acceptors (Lipinski definition) is 4. The largest absolute Gasteiger partial charge is 0.481 e. The molecule has 0 bridgehead atoms. The molecule has 20 heavy (non-hydrogen) atoms. The van der Waals surface area contributed by atoms with Crippen molar-refractivity contribution < 1.29 is 9.53 Å². The normalized spacial score (nSPS) is 17.5. The highest BCUT2D eigenvalue weighted by Crippen LogP contribution is 2.35. The molecule has 1 aromatic rings. The lowest BCUT2D eigenvalue weighted by atomic mass is 9.73. The van der Waals surface area contributed by atoms with Crippen LogP contribution in [0.2, 0.25) is 0 Å². The Balaban J connectivity index is 2.00. The second-order valence-electron chi connectivity index (χ2n) is 5.40. The van der Waals surface area contributed by atoms with Crippen molar-refractivity contribution >= 4 is 5.91 Å². The van der Waals surface area contributed by atoms with Gasteiger partial charge in [-0.15, -0.1) is 0 Å². The third-order valence-electron chi connectivity index (χ3n) is 4.17. The van der Waals surface area contributed by atoms with Gasteiger partial charge in [0.05, 0.1) is 12.5 Å². The minimum absolute atomic E-state index is 0.0607. The first-order chi connectivity index (χ1) is 9.72. The average molecular weight is 277 g/mol. The van der Waals surface area contributed by atoms with Crippen molar-refractivity contribution in [3.8, 4) is 5.88 Å². The van der Waals surface area contributed by atoms with Crippen molar-refractivity contribution in [2.45, 2.75) is 38.6 Å². The fourth-order valence-electron chi connectivity index (χ4n) is 2.86. The molecule has 1 saturated carbocycles. The van der Waals surface area contributed by atoms with Gasteiger partial charge in [-0.1, -0.05) is 25.3 Å². The second-order valence-corrected chi connectivity index (χ2v) is 5.40. The molecule has 1 aliphatic carbocycles. The van der Waals surface area contributed by atoms with Gasteiger partial charge in [-0.05, 0) is 18.9 Å². The number of ether oxygens (including phenoxy) is 1. The highest BCUT2D eigenvalue weighted by Gasteiger charge is 2.37. The lowest BCUT2D eigenvalue weighted by molar-refractivity contribution is -0.132. The summed E-state index contributed by atoms with van der Waals surface area (Å²) in [5.74, 6) is 0.615. The number of amides is 1. The first-order valence-corrected chi connectivity index (χ1v) is 7.18. The van der Waals surface area contributed by atoms with Crippen LogP contribution in [-0.2, 0) is 11.3 Å². The van der Waals surface area contributed by atoms with E-state index in [2.05, 4.69) is 10.3 Å². The summed E-state index contributed by atoms with van der Waals surface area (Å²) in [6, 6.07) is 3.74. The van der Waals surface area contributed by atoms with Crippen molar-refractivity contribution in [1.29, 1.82) is 0 Å². The van der Waals surface area contributed by atoms with Crippen LogP contribution in [0, 0.1) is 5.41 Å². The monoisotopic (exact) mass is 277 g/mol. The zero-order valence-corrected chi connectivity index (χ0v) is 12.0. The summed E-state index contributed by atoms with van der Waals surface area (Å²) in [7, 11) is 1.58. The van der Waals surface area contributed by atoms with Gasteiger partial charge < -0.3 is 15.8 Å². The van der Waals surface area contributed by atoms with E-state index < -0.39 is 0 Å². The van der Waals surface area contributed by atoms with E-state index in [4.69, 9.17) is 10.5 Å². The van der Waals surface area contributed by atoms with Crippen LogP contribution in [0.15, 0.2) is 18.3 Å². The zero-order chi connectivity index (χ0) is 14.4. The Bertz CT molecular complexity index is 456. The number of carbonyl (C=O) groups is 1. The third-order valence-corrected chi connectivity index (χ3v) is 4.17. The predicted octanol–water partition coefficient (Wildman–Crippen LogP) is 1.62. The fourth-order valence-corrected chi connectivity index (χ4v) is 2.86. The van der Waals surface area contributed by atoms with Crippen molar-refractivity contribution in [2.24, 2.45) is 11.1 Å². The molecule has 110 valence electrons. The van der Waals surface area contributed by atoms with E-state index in [1.54, 1.807) is 13.3 Å². The molecule has 2 rings (SSSR count). The smallest absolute Gasteiger partial charge is 0.227 e. The number of nitrogens with zero attached hydrogens (tertiary/aromatic N) is 1. The molecule has 5 nitrogen and oxygen atoms in total. The number of carbonyl (C=O) groups excluding carboxylic acids is 1. The van der Waals surface area contributed by atoms with E-state index in [9.17, 15) is 4.79 Å². The standard InChI is InChI=1S/C15H23N3O2/c1-20-13-12(6-5-9-17-13)10-18-14(19)15(11-16)7-3-2-4-8-15/h5-6,9H,2-4,7-8,10-11,16H2,1H3,(H,18,19). The minimum Gasteiger partial charge on any atom is -0.481 e. The van der Waals surface area contributed by atoms with Gasteiger partial charge in [0.2, 0.25) is 11.8 Å². The van der Waals surface area contributed by atoms with Crippen LogP contribution in [0.3, 0.4) is 0 Å². The fraction of sp³-hybridized carbons (Fsp3) is 0.600. The molecule has 0 atom stereocenters. The first-order valence-electron chi connectivity index (χ1n) is 7.18. The highest BCUT2D eigenvalue weighted by molar-refractivity contribution is 5.83. The molecular formula is C15H23N3O2. The highest BCUT2D eigenvalue weighted by atomic mass is 16.5. The van der Waals surface area contributed by atoms with Gasteiger partial charge in [-0.3, -0.25) is 4.79 Å². The van der Waals surface area contributed by atoms with Crippen molar-refractivity contribution in [2.75, 3.05) is 13.7 Å². The van der Waals surface area contributed by atoms with Crippen LogP contribution >= 0.6 is 0 Å². The molecule has 0 unspecified atom stereocenters. The number of hydrogen-bond donors (Lipinski definition) is 2. The maximum atomic E-state index is 12.5. The van der Waals surface area contributed by atoms with E-state index in [1.165, 1.54) is 6.42 Å². The van der Waals surface area contributed by atoms with E-state index in [0.717, 1.165) is 31.2 Å². The van der Waals surface area contributed by atoms with Crippen molar-refractivity contribution in [3.63, 3.8) is 0 Å². The first kappa shape index (κ1) is 14.8. The third kappa shape index (κ3) is 3.10. The number of methoxy groups -OCH3 is 1. The van der Waals surface area contributed by atoms with E-state index in [-0.39, 0.29) is 11.3 Å². The Morgan fingerprint density at radius 2 is 2.20 bits per heavy atom. The van der Waals surface area contributed by atoms with E-state index >= 15 is 0 Å². The van der Waals surface area contributed by atoms with E-state index in [0.29, 0.717) is 19.0 Å². The Morgan fingerprint density at radius 1 is 1.45 bits per heavy atom. The second kappa shape index (κ2) is 6.70. The number of rotatable bonds is 5. The van der Waals surface area contributed by atoms with Crippen LogP contribution in [0.25, 0.3) is 0 Å². The molecule has 5 heteroatoms. The van der Waals surface area contributed by atoms with E-state index in [1.807, 2.05) is 12.1 Å². The Morgan fingerprint density at radius 3 is 2.85 bits per heavy atom. The maximum absolute atomic E-state index is 12.5. The van der Waals surface area contributed by atoms with Crippen LogP contribution in [-0.4, -0.2) is 24.5 Å². The molecule has 0 radical (unpaired) electrons. The van der Waals surface area contributed by atoms with Crippen LogP contribution < -0.4 is 15.8 Å². The summed E-state index contributed by atoms with van der Waals surface area (Å²) in [6.07, 6.45) is 6.82. The van der Waals surface area contributed by atoms with Gasteiger partial charge in [-0.25, -0.2) is 4.98 Å². The number of nitrogens with two attached hydrogens (primary N) is 1. The number of aromatic nitrogens is 1. The van der Waals surface area contributed by atoms with Gasteiger partial charge in [0.15, 0.2) is 0 Å². The van der Waals surface area contributed by atoms with Crippen molar-refractivity contribution in [3.05, 3.63) is 23.9 Å². The molecule has 1 heterocycles. The average Bonchev–Trinajstić information content (AvgIpc) is 2.53. The maximum Gasteiger partial charge on any atom is 0.227 e. The van der Waals surface area contributed by atoms with Crippen LogP contribution in [0.1, 0.15) is 37.7 Å². The summed E-state index contributed by atoms with van der Waals surface area (Å²) in [4.78, 5) is 16.6. The lowest BCUT2D eigenvalue weighted by Crippen LogP contribution is -2.46. The molecule has 0 aromatic carbocycles. The Kier molecular flexibility index (Phi) is 4.95. The molecule has 1 aliphatic rings. The molecular weight excluding hydrogens is 254 g/mol. The summed E-state index contributed by atoms with van der Waals surface area (Å²) >= 11 is 0. The quantitative estimate of drug-likeness (QED) is 0.857. The Hall–Kier alpha value is -1.62. The van der Waals surface area contributed by atoms with Gasteiger partial charge in [0.1, 0.15) is 0 Å². The topological polar surface area (TPSA) is 77.2 Å². The molecule has 1 fully saturated rings. The molecule has 1 amide bonds. The lowest BCUT2D eigenvalue weighted by Gasteiger charge is -2.34. The number of nitrogens with one attached hydrogen (secondary N) is 1. The Labute approximate surface area is 119 Å². The van der Waals surface area contributed by atoms with Gasteiger partial charge in [0, 0.05) is 24.8 Å². The predicted molar refractivity (Wildman–Crippen MR) is 77.2 cm³/mol. The van der Waals surface area contributed by atoms with Crippen LogP contribution in [0.4, 0.5) is 0 Å². The summed E-state index contributed by atoms with van der Waals surface area (Å²) < 4.78 is 5.19. The van der Waals surface area contributed by atoms with Crippen LogP contribution in [0.5, 0.6) is 5.88 Å². The van der Waals surface area contributed by atoms with Gasteiger partial charge in [0.25, 0.3) is 0 Å². The zero-order valence-electron chi connectivity index (χ0n) is 12.0. The molecule has 0 spiro atoms. The molecule has 0 saturated heterocycles.